The van der Waals surface area contributed by atoms with Gasteiger partial charge in [0, 0.05) is 13.1 Å². The second-order valence-electron chi connectivity index (χ2n) is 7.62. The molecule has 0 bridgehead atoms. The highest BCUT2D eigenvalue weighted by molar-refractivity contribution is 5.87. The number of esters is 1. The predicted octanol–water partition coefficient (Wildman–Crippen LogP) is 1.55. The summed E-state index contributed by atoms with van der Waals surface area (Å²) in [6.45, 7) is 8.06. The van der Waals surface area contributed by atoms with Crippen molar-refractivity contribution in [3.63, 3.8) is 0 Å². The van der Waals surface area contributed by atoms with Crippen molar-refractivity contribution in [1.29, 1.82) is 0 Å². The average Bonchev–Trinajstić information content (AvgIpc) is 2.63. The molecule has 1 heterocycles. The van der Waals surface area contributed by atoms with Gasteiger partial charge < -0.3 is 19.7 Å². The minimum absolute atomic E-state index is 0.0518. The zero-order valence-corrected chi connectivity index (χ0v) is 17.0. The topological polar surface area (TPSA) is 84.9 Å². The van der Waals surface area contributed by atoms with E-state index in [1.54, 1.807) is 4.90 Å². The maximum Gasteiger partial charge on any atom is 0.329 e. The zero-order valence-electron chi connectivity index (χ0n) is 17.0. The zero-order chi connectivity index (χ0) is 20.7. The molecular weight excluding hydrogens is 360 g/mol. The quantitative estimate of drug-likeness (QED) is 0.714. The summed E-state index contributed by atoms with van der Waals surface area (Å²) >= 11 is 0. The van der Waals surface area contributed by atoms with Crippen LogP contribution in [0.15, 0.2) is 30.3 Å². The van der Waals surface area contributed by atoms with Gasteiger partial charge in [-0.05, 0) is 25.3 Å². The molecule has 1 N–H and O–H groups in total. The average molecular weight is 390 g/mol. The fourth-order valence-corrected chi connectivity index (χ4v) is 3.20. The van der Waals surface area contributed by atoms with Crippen LogP contribution < -0.4 is 5.32 Å². The third kappa shape index (κ3) is 6.64. The molecule has 7 nitrogen and oxygen atoms in total. The van der Waals surface area contributed by atoms with E-state index in [9.17, 15) is 14.4 Å². The van der Waals surface area contributed by atoms with Crippen LogP contribution in [0.1, 0.15) is 33.3 Å². The largest absolute Gasteiger partial charge is 0.454 e. The lowest BCUT2D eigenvalue weighted by molar-refractivity contribution is -0.159. The molecule has 1 aromatic carbocycles. The molecule has 0 unspecified atom stereocenters. The highest BCUT2D eigenvalue weighted by atomic mass is 16.5. The third-order valence-electron chi connectivity index (χ3n) is 4.55. The molecule has 28 heavy (non-hydrogen) atoms. The SMILES string of the molecule is CC(C)[C@H](NC(=O)Cc1ccccc1)C(=O)OCC(=O)N1C[C@@H](C)O[C@H](C)C1. The van der Waals surface area contributed by atoms with Crippen molar-refractivity contribution in [3.8, 4) is 0 Å². The van der Waals surface area contributed by atoms with Crippen LogP contribution >= 0.6 is 0 Å². The number of morpholine rings is 1. The standard InChI is InChI=1S/C21H30N2O5/c1-14(2)20(22-18(24)10-17-8-6-5-7-9-17)21(26)27-13-19(25)23-11-15(3)28-16(4)12-23/h5-9,14-16,20H,10-13H2,1-4H3,(H,22,24)/t15-,16-,20+/m1/s1. The second-order valence-corrected chi connectivity index (χ2v) is 7.62. The van der Waals surface area contributed by atoms with Crippen molar-refractivity contribution in [2.45, 2.75) is 52.4 Å². The van der Waals surface area contributed by atoms with Crippen LogP contribution in [0.4, 0.5) is 0 Å². The number of benzene rings is 1. The number of amides is 2. The Bertz CT molecular complexity index is 667. The van der Waals surface area contributed by atoms with Gasteiger partial charge in [-0.3, -0.25) is 9.59 Å². The smallest absolute Gasteiger partial charge is 0.329 e. The van der Waals surface area contributed by atoms with Gasteiger partial charge in [0.1, 0.15) is 6.04 Å². The number of carbonyl (C=O) groups is 3. The summed E-state index contributed by atoms with van der Waals surface area (Å²) in [6.07, 6.45) is 0.0768. The lowest BCUT2D eigenvalue weighted by Crippen LogP contribution is -2.50. The molecule has 0 saturated carbocycles. The van der Waals surface area contributed by atoms with E-state index >= 15 is 0 Å². The molecule has 1 aliphatic heterocycles. The first-order chi connectivity index (χ1) is 13.3. The van der Waals surface area contributed by atoms with Crippen molar-refractivity contribution < 1.29 is 23.9 Å². The Morgan fingerprint density at radius 3 is 2.32 bits per heavy atom. The lowest BCUT2D eigenvalue weighted by Gasteiger charge is -2.35. The molecule has 2 amide bonds. The summed E-state index contributed by atoms with van der Waals surface area (Å²) in [5.41, 5.74) is 0.863. The Kier molecular flexibility index (Phi) is 7.99. The number of nitrogens with zero attached hydrogens (tertiary/aromatic N) is 1. The highest BCUT2D eigenvalue weighted by Gasteiger charge is 2.29. The first-order valence-corrected chi connectivity index (χ1v) is 9.69. The highest BCUT2D eigenvalue weighted by Crippen LogP contribution is 2.11. The van der Waals surface area contributed by atoms with Crippen LogP contribution in [0.2, 0.25) is 0 Å². The van der Waals surface area contributed by atoms with Crippen LogP contribution in [0.5, 0.6) is 0 Å². The van der Waals surface area contributed by atoms with Gasteiger partial charge >= 0.3 is 5.97 Å². The van der Waals surface area contributed by atoms with E-state index in [4.69, 9.17) is 9.47 Å². The predicted molar refractivity (Wildman–Crippen MR) is 104 cm³/mol. The first-order valence-electron chi connectivity index (χ1n) is 9.69. The number of hydrogen-bond acceptors (Lipinski definition) is 5. The Morgan fingerprint density at radius 1 is 1.14 bits per heavy atom. The van der Waals surface area contributed by atoms with Gasteiger partial charge in [0.25, 0.3) is 5.91 Å². The van der Waals surface area contributed by atoms with E-state index in [2.05, 4.69) is 5.32 Å². The number of hydrogen-bond donors (Lipinski definition) is 1. The summed E-state index contributed by atoms with van der Waals surface area (Å²) in [7, 11) is 0. The summed E-state index contributed by atoms with van der Waals surface area (Å²) in [5, 5.41) is 2.72. The number of rotatable bonds is 7. The minimum atomic E-state index is -0.799. The molecule has 0 aromatic heterocycles. The van der Waals surface area contributed by atoms with E-state index in [-0.39, 0.29) is 43.0 Å². The van der Waals surface area contributed by atoms with Gasteiger partial charge in [0.05, 0.1) is 18.6 Å². The van der Waals surface area contributed by atoms with E-state index in [1.165, 1.54) is 0 Å². The van der Waals surface area contributed by atoms with E-state index < -0.39 is 12.0 Å². The summed E-state index contributed by atoms with van der Waals surface area (Å²) in [4.78, 5) is 38.7. The van der Waals surface area contributed by atoms with Gasteiger partial charge in [-0.15, -0.1) is 0 Å². The Morgan fingerprint density at radius 2 is 1.75 bits per heavy atom. The van der Waals surface area contributed by atoms with Crippen LogP contribution in [0.25, 0.3) is 0 Å². The maximum absolute atomic E-state index is 12.5. The Hall–Kier alpha value is -2.41. The van der Waals surface area contributed by atoms with Crippen molar-refractivity contribution in [2.24, 2.45) is 5.92 Å². The van der Waals surface area contributed by atoms with E-state index in [0.717, 1.165) is 5.56 Å². The normalized spacial score (nSPS) is 20.5. The molecule has 7 heteroatoms. The molecule has 154 valence electrons. The van der Waals surface area contributed by atoms with Gasteiger partial charge in [-0.1, -0.05) is 44.2 Å². The Balaban J connectivity index is 1.86. The molecule has 0 aliphatic carbocycles. The fraction of sp³-hybridized carbons (Fsp3) is 0.571. The van der Waals surface area contributed by atoms with Crippen LogP contribution in [-0.2, 0) is 30.3 Å². The monoisotopic (exact) mass is 390 g/mol. The maximum atomic E-state index is 12.5. The van der Waals surface area contributed by atoms with Crippen molar-refractivity contribution in [3.05, 3.63) is 35.9 Å². The van der Waals surface area contributed by atoms with E-state index in [1.807, 2.05) is 58.0 Å². The molecule has 0 radical (unpaired) electrons. The summed E-state index contributed by atoms with van der Waals surface area (Å²) in [6, 6.07) is 8.50. The molecule has 1 aliphatic rings. The third-order valence-corrected chi connectivity index (χ3v) is 4.55. The van der Waals surface area contributed by atoms with Gasteiger partial charge in [-0.25, -0.2) is 4.79 Å². The molecular formula is C21H30N2O5. The van der Waals surface area contributed by atoms with Crippen molar-refractivity contribution in [2.75, 3.05) is 19.7 Å². The van der Waals surface area contributed by atoms with Gasteiger partial charge in [0.15, 0.2) is 6.61 Å². The first kappa shape index (κ1) is 21.9. The van der Waals surface area contributed by atoms with Crippen LogP contribution in [0.3, 0.4) is 0 Å². The molecule has 2 rings (SSSR count). The van der Waals surface area contributed by atoms with Crippen molar-refractivity contribution >= 4 is 17.8 Å². The summed E-state index contributed by atoms with van der Waals surface area (Å²) < 4.78 is 10.8. The molecule has 1 saturated heterocycles. The molecule has 1 aromatic rings. The minimum Gasteiger partial charge on any atom is -0.454 e. The van der Waals surface area contributed by atoms with Crippen LogP contribution in [0, 0.1) is 5.92 Å². The summed E-state index contributed by atoms with van der Waals surface area (Å²) in [5.74, 6) is -1.28. The number of nitrogens with one attached hydrogen (secondary N) is 1. The molecule has 3 atom stereocenters. The molecule has 1 fully saturated rings. The van der Waals surface area contributed by atoms with Crippen LogP contribution in [-0.4, -0.2) is 60.6 Å². The van der Waals surface area contributed by atoms with Crippen molar-refractivity contribution in [1.82, 2.24) is 10.2 Å². The Labute approximate surface area is 166 Å². The second kappa shape index (κ2) is 10.2. The van der Waals surface area contributed by atoms with Gasteiger partial charge in [-0.2, -0.15) is 0 Å². The lowest BCUT2D eigenvalue weighted by atomic mass is 10.0. The number of ether oxygens (including phenoxy) is 2. The fourth-order valence-electron chi connectivity index (χ4n) is 3.20. The van der Waals surface area contributed by atoms with E-state index in [0.29, 0.717) is 13.1 Å². The number of carbonyl (C=O) groups excluding carboxylic acids is 3. The van der Waals surface area contributed by atoms with Gasteiger partial charge in [0.2, 0.25) is 5.91 Å². The molecule has 0 spiro atoms.